The van der Waals surface area contributed by atoms with Crippen molar-refractivity contribution in [1.29, 1.82) is 0 Å². The smallest absolute Gasteiger partial charge is 0 e. The van der Waals surface area contributed by atoms with E-state index < -0.39 is 0 Å². The van der Waals surface area contributed by atoms with Crippen molar-refractivity contribution in [1.82, 2.24) is 0 Å². The molecular formula is C9H10K. The third-order valence-electron chi connectivity index (χ3n) is 2.01. The molecule has 0 bridgehead atoms. The Morgan fingerprint density at radius 1 is 0.900 bits per heavy atom. The van der Waals surface area contributed by atoms with Gasteiger partial charge in [0, 0.05) is 51.4 Å². The molecule has 0 atom stereocenters. The van der Waals surface area contributed by atoms with Gasteiger partial charge in [-0.3, -0.25) is 0 Å². The van der Waals surface area contributed by atoms with Gasteiger partial charge in [-0.2, -0.15) is 0 Å². The van der Waals surface area contributed by atoms with Crippen molar-refractivity contribution >= 4 is 51.4 Å². The standard InChI is InChI=1S/C9H10.K/c1-2-5-9-7-3-6-8(9)4-1;/h1-2,4-5H,3,6-7H2;. The molecule has 0 heterocycles. The first-order valence-electron chi connectivity index (χ1n) is 3.53. The van der Waals surface area contributed by atoms with Gasteiger partial charge in [0.05, 0.1) is 0 Å². The van der Waals surface area contributed by atoms with E-state index in [0.717, 1.165) is 0 Å². The molecule has 0 saturated heterocycles. The number of rotatable bonds is 0. The Bertz CT molecular complexity index is 195. The molecule has 1 radical (unpaired) electrons. The summed E-state index contributed by atoms with van der Waals surface area (Å²) >= 11 is 0. The second-order valence-corrected chi connectivity index (χ2v) is 2.62. The molecule has 0 nitrogen and oxygen atoms in total. The Labute approximate surface area is 104 Å². The zero-order valence-corrected chi connectivity index (χ0v) is 9.55. The van der Waals surface area contributed by atoms with Crippen LogP contribution in [0.2, 0.25) is 0 Å². The average molecular weight is 157 g/mol. The van der Waals surface area contributed by atoms with Gasteiger partial charge in [0.25, 0.3) is 0 Å². The van der Waals surface area contributed by atoms with Gasteiger partial charge in [0.1, 0.15) is 0 Å². The maximum atomic E-state index is 2.24. The van der Waals surface area contributed by atoms with Crippen molar-refractivity contribution in [3.8, 4) is 0 Å². The fourth-order valence-electron chi connectivity index (χ4n) is 1.51. The van der Waals surface area contributed by atoms with E-state index in [4.69, 9.17) is 0 Å². The molecule has 10 heavy (non-hydrogen) atoms. The van der Waals surface area contributed by atoms with Crippen molar-refractivity contribution < 1.29 is 0 Å². The summed E-state index contributed by atoms with van der Waals surface area (Å²) in [4.78, 5) is 0. The molecule has 0 spiro atoms. The van der Waals surface area contributed by atoms with Crippen LogP contribution in [0, 0.1) is 0 Å². The molecule has 47 valence electrons. The van der Waals surface area contributed by atoms with E-state index in [9.17, 15) is 0 Å². The van der Waals surface area contributed by atoms with E-state index in [1.54, 1.807) is 11.1 Å². The first-order chi connectivity index (χ1) is 4.47. The summed E-state index contributed by atoms with van der Waals surface area (Å²) in [7, 11) is 0. The van der Waals surface area contributed by atoms with Gasteiger partial charge in [-0.15, -0.1) is 0 Å². The van der Waals surface area contributed by atoms with E-state index >= 15 is 0 Å². The van der Waals surface area contributed by atoms with Crippen LogP contribution >= 0.6 is 0 Å². The summed E-state index contributed by atoms with van der Waals surface area (Å²) < 4.78 is 0. The van der Waals surface area contributed by atoms with Crippen LogP contribution in [0.25, 0.3) is 0 Å². The summed E-state index contributed by atoms with van der Waals surface area (Å²) in [6.45, 7) is 0. The Morgan fingerprint density at radius 2 is 1.40 bits per heavy atom. The monoisotopic (exact) mass is 157 g/mol. The Kier molecular flexibility index (Phi) is 3.60. The normalized spacial score (nSPS) is 14.0. The van der Waals surface area contributed by atoms with Crippen LogP contribution in [-0.2, 0) is 12.8 Å². The first kappa shape index (κ1) is 8.95. The number of hydrogen-bond donors (Lipinski definition) is 0. The molecule has 0 N–H and O–H groups in total. The van der Waals surface area contributed by atoms with Crippen LogP contribution < -0.4 is 0 Å². The van der Waals surface area contributed by atoms with Gasteiger partial charge in [-0.25, -0.2) is 0 Å². The SMILES string of the molecule is [K].c1ccc2c(c1)CCC2. The first-order valence-corrected chi connectivity index (χ1v) is 3.53. The van der Waals surface area contributed by atoms with Crippen LogP contribution in [-0.4, -0.2) is 51.4 Å². The van der Waals surface area contributed by atoms with E-state index in [2.05, 4.69) is 24.3 Å². The summed E-state index contributed by atoms with van der Waals surface area (Å²) in [6, 6.07) is 8.74. The molecule has 1 heteroatoms. The fraction of sp³-hybridized carbons (Fsp3) is 0.333. The van der Waals surface area contributed by atoms with E-state index in [0.29, 0.717) is 0 Å². The Hall–Kier alpha value is 0.856. The second-order valence-electron chi connectivity index (χ2n) is 2.62. The minimum atomic E-state index is 0. The van der Waals surface area contributed by atoms with Crippen LogP contribution in [0.1, 0.15) is 17.5 Å². The molecule has 2 rings (SSSR count). The number of hydrogen-bond acceptors (Lipinski definition) is 0. The molecule has 0 unspecified atom stereocenters. The topological polar surface area (TPSA) is 0 Å². The second kappa shape index (κ2) is 4.03. The van der Waals surface area contributed by atoms with E-state index in [1.807, 2.05) is 0 Å². The third-order valence-corrected chi connectivity index (χ3v) is 2.01. The number of benzene rings is 1. The fourth-order valence-corrected chi connectivity index (χ4v) is 1.51. The van der Waals surface area contributed by atoms with Gasteiger partial charge in [-0.05, 0) is 30.4 Å². The minimum absolute atomic E-state index is 0. The van der Waals surface area contributed by atoms with Gasteiger partial charge < -0.3 is 0 Å². The zero-order valence-electron chi connectivity index (χ0n) is 6.43. The van der Waals surface area contributed by atoms with Crippen LogP contribution in [0.3, 0.4) is 0 Å². The molecule has 0 amide bonds. The molecule has 0 aliphatic heterocycles. The summed E-state index contributed by atoms with van der Waals surface area (Å²) in [5, 5.41) is 0. The Morgan fingerprint density at radius 3 is 1.90 bits per heavy atom. The summed E-state index contributed by atoms with van der Waals surface area (Å²) in [5.74, 6) is 0. The Balaban J connectivity index is 0.000000500. The minimum Gasteiger partial charge on any atom is -0.0620 e. The molecule has 1 aromatic carbocycles. The predicted molar refractivity (Wildman–Crippen MR) is 44.2 cm³/mol. The van der Waals surface area contributed by atoms with Gasteiger partial charge in [0.15, 0.2) is 0 Å². The zero-order chi connectivity index (χ0) is 6.10. The number of fused-ring (bicyclic) bond motifs is 1. The third kappa shape index (κ3) is 1.71. The molecule has 0 aromatic heterocycles. The van der Waals surface area contributed by atoms with Crippen LogP contribution in [0.5, 0.6) is 0 Å². The predicted octanol–water partition coefficient (Wildman–Crippen LogP) is 1.79. The maximum Gasteiger partial charge on any atom is 0 e. The van der Waals surface area contributed by atoms with Gasteiger partial charge in [-0.1, -0.05) is 24.3 Å². The van der Waals surface area contributed by atoms with Crippen molar-refractivity contribution in [2.24, 2.45) is 0 Å². The maximum absolute atomic E-state index is 2.24. The quantitative estimate of drug-likeness (QED) is 0.504. The van der Waals surface area contributed by atoms with E-state index in [-0.39, 0.29) is 51.4 Å². The van der Waals surface area contributed by atoms with Crippen molar-refractivity contribution in [3.63, 3.8) is 0 Å². The largest absolute Gasteiger partial charge is 0.0620 e. The molecule has 0 fully saturated rings. The van der Waals surface area contributed by atoms with Crippen LogP contribution in [0.4, 0.5) is 0 Å². The molecule has 0 saturated carbocycles. The molecular weight excluding hydrogens is 147 g/mol. The molecule has 1 aliphatic rings. The van der Waals surface area contributed by atoms with Gasteiger partial charge >= 0.3 is 0 Å². The van der Waals surface area contributed by atoms with E-state index in [1.165, 1.54) is 19.3 Å². The average Bonchev–Trinajstić information content (AvgIpc) is 2.33. The van der Waals surface area contributed by atoms with Crippen LogP contribution in [0.15, 0.2) is 24.3 Å². The molecule has 1 aromatic rings. The van der Waals surface area contributed by atoms with Crippen molar-refractivity contribution in [2.75, 3.05) is 0 Å². The van der Waals surface area contributed by atoms with Crippen molar-refractivity contribution in [3.05, 3.63) is 35.4 Å². The summed E-state index contributed by atoms with van der Waals surface area (Å²) in [5.41, 5.74) is 3.13. The molecule has 1 aliphatic carbocycles. The van der Waals surface area contributed by atoms with Gasteiger partial charge in [0.2, 0.25) is 0 Å². The van der Waals surface area contributed by atoms with Crippen molar-refractivity contribution in [2.45, 2.75) is 19.3 Å². The number of aryl methyl sites for hydroxylation is 2. The summed E-state index contributed by atoms with van der Waals surface area (Å²) in [6.07, 6.45) is 3.96.